The Kier molecular flexibility index (Phi) is 6.69. The summed E-state index contributed by atoms with van der Waals surface area (Å²) < 4.78 is 21.1. The van der Waals surface area contributed by atoms with Crippen molar-refractivity contribution in [3.05, 3.63) is 59.4 Å². The number of carbonyl (C=O) groups is 1. The van der Waals surface area contributed by atoms with Gasteiger partial charge >= 0.3 is 0 Å². The van der Waals surface area contributed by atoms with E-state index in [-0.39, 0.29) is 17.4 Å². The normalized spacial score (nSPS) is 14.9. The maximum Gasteiger partial charge on any atom is 0.247 e. The summed E-state index contributed by atoms with van der Waals surface area (Å²) in [5, 5.41) is 9.21. The van der Waals surface area contributed by atoms with Crippen LogP contribution in [-0.4, -0.2) is 26.8 Å². The van der Waals surface area contributed by atoms with Gasteiger partial charge in [0.2, 0.25) is 23.2 Å². The molecule has 6 nitrogen and oxygen atoms in total. The van der Waals surface area contributed by atoms with E-state index in [4.69, 9.17) is 4.74 Å². The minimum atomic E-state index is -1.02. The topological polar surface area (TPSA) is 68.2 Å². The fraction of sp³-hybridized carbons (Fsp3) is 0.333. The molecule has 0 aliphatic carbocycles. The molecule has 2 heterocycles. The molecule has 1 aliphatic rings. The largest absolute Gasteiger partial charge is 0.447 e. The zero-order valence-electron chi connectivity index (χ0n) is 18.3. The third-order valence-corrected chi connectivity index (χ3v) is 6.24. The van der Waals surface area contributed by atoms with Crippen LogP contribution in [0.4, 0.5) is 10.1 Å². The predicted octanol–water partition coefficient (Wildman–Crippen LogP) is 5.58. The van der Waals surface area contributed by atoms with Crippen LogP contribution in [0.15, 0.2) is 47.6 Å². The number of benzene rings is 2. The van der Waals surface area contributed by atoms with E-state index in [9.17, 15) is 9.18 Å². The summed E-state index contributed by atoms with van der Waals surface area (Å²) in [7, 11) is 0. The van der Waals surface area contributed by atoms with Crippen LogP contribution in [-0.2, 0) is 11.2 Å². The van der Waals surface area contributed by atoms with Crippen molar-refractivity contribution >= 4 is 23.4 Å². The first-order valence-electron chi connectivity index (χ1n) is 10.7. The highest BCUT2D eigenvalue weighted by Gasteiger charge is 2.36. The van der Waals surface area contributed by atoms with Crippen LogP contribution in [0.1, 0.15) is 51.0 Å². The number of aryl methyl sites for hydroxylation is 1. The third kappa shape index (κ3) is 4.32. The highest BCUT2D eigenvalue weighted by molar-refractivity contribution is 7.99. The van der Waals surface area contributed by atoms with E-state index in [1.807, 2.05) is 18.2 Å². The van der Waals surface area contributed by atoms with Crippen LogP contribution in [0.2, 0.25) is 0 Å². The molecular weight excluding hydrogens is 427 g/mol. The molecule has 0 bridgehead atoms. The number of amides is 1. The molecule has 4 rings (SSSR count). The zero-order chi connectivity index (χ0) is 22.7. The van der Waals surface area contributed by atoms with Gasteiger partial charge in [-0.1, -0.05) is 56.3 Å². The number of carbonyl (C=O) groups excluding carboxylic acids is 1. The van der Waals surface area contributed by atoms with Gasteiger partial charge in [0.05, 0.1) is 5.69 Å². The highest BCUT2D eigenvalue weighted by atomic mass is 32.2. The van der Waals surface area contributed by atoms with E-state index in [0.29, 0.717) is 22.1 Å². The minimum Gasteiger partial charge on any atom is -0.447 e. The number of ether oxygens (including phenoxy) is 1. The Hall–Kier alpha value is -3.00. The van der Waals surface area contributed by atoms with Gasteiger partial charge in [-0.3, -0.25) is 9.69 Å². The molecule has 0 fully saturated rings. The van der Waals surface area contributed by atoms with Gasteiger partial charge in [-0.05, 0) is 36.6 Å². The molecule has 8 heteroatoms. The van der Waals surface area contributed by atoms with Crippen molar-refractivity contribution in [1.29, 1.82) is 0 Å². The summed E-state index contributed by atoms with van der Waals surface area (Å²) in [4.78, 5) is 18.9. The summed E-state index contributed by atoms with van der Waals surface area (Å²) in [6, 6.07) is 12.1. The number of rotatable bonds is 6. The summed E-state index contributed by atoms with van der Waals surface area (Å²) in [5.41, 5.74) is 3.05. The summed E-state index contributed by atoms with van der Waals surface area (Å²) in [6.07, 6.45) is 1.89. The lowest BCUT2D eigenvalue weighted by molar-refractivity contribution is -0.118. The maximum atomic E-state index is 14.8. The zero-order valence-corrected chi connectivity index (χ0v) is 19.2. The number of nitrogens with zero attached hydrogens (tertiary/aromatic N) is 4. The third-order valence-electron chi connectivity index (χ3n) is 5.32. The number of anilines is 1. The Morgan fingerprint density at radius 3 is 2.72 bits per heavy atom. The van der Waals surface area contributed by atoms with Gasteiger partial charge in [-0.15, -0.1) is 10.2 Å². The maximum absolute atomic E-state index is 14.8. The molecule has 0 radical (unpaired) electrons. The number of halogens is 1. The van der Waals surface area contributed by atoms with Crippen molar-refractivity contribution in [3.63, 3.8) is 0 Å². The van der Waals surface area contributed by atoms with Gasteiger partial charge in [0, 0.05) is 23.8 Å². The fourth-order valence-electron chi connectivity index (χ4n) is 3.62. The first-order valence-corrected chi connectivity index (χ1v) is 11.7. The molecule has 1 aliphatic heterocycles. The van der Waals surface area contributed by atoms with E-state index < -0.39 is 12.0 Å². The Balaban J connectivity index is 1.91. The van der Waals surface area contributed by atoms with Crippen LogP contribution in [0.3, 0.4) is 0 Å². The van der Waals surface area contributed by atoms with E-state index in [1.165, 1.54) is 29.7 Å². The fourth-order valence-corrected chi connectivity index (χ4v) is 4.48. The Labute approximate surface area is 191 Å². The van der Waals surface area contributed by atoms with Crippen LogP contribution < -0.4 is 9.64 Å². The first kappa shape index (κ1) is 22.2. The lowest BCUT2D eigenvalue weighted by Gasteiger charge is -2.30. The van der Waals surface area contributed by atoms with Gasteiger partial charge in [0.15, 0.2) is 5.69 Å². The average Bonchev–Trinajstić information content (AvgIpc) is 2.93. The SMILES string of the molecule is CCCCSc1nnc2c(n1)O[C@H](c1ccccc1F)N(C(C)=O)c1ccc(CC)cc1-2. The Morgan fingerprint density at radius 1 is 1.19 bits per heavy atom. The van der Waals surface area contributed by atoms with Crippen molar-refractivity contribution in [2.24, 2.45) is 0 Å². The molecule has 0 saturated heterocycles. The van der Waals surface area contributed by atoms with Gasteiger partial charge in [-0.2, -0.15) is 4.98 Å². The number of thioether (sulfide) groups is 1. The lowest BCUT2D eigenvalue weighted by atomic mass is 10.0. The number of fused-ring (bicyclic) bond motifs is 3. The van der Waals surface area contributed by atoms with Crippen molar-refractivity contribution in [2.45, 2.75) is 51.4 Å². The summed E-state index contributed by atoms with van der Waals surface area (Å²) >= 11 is 1.50. The Bertz CT molecular complexity index is 1140. The molecule has 0 N–H and O–H groups in total. The predicted molar refractivity (Wildman–Crippen MR) is 123 cm³/mol. The second-order valence-corrected chi connectivity index (χ2v) is 8.60. The van der Waals surface area contributed by atoms with Crippen molar-refractivity contribution in [1.82, 2.24) is 15.2 Å². The molecular formula is C24H25FN4O2S. The number of hydrogen-bond donors (Lipinski definition) is 0. The number of unbranched alkanes of at least 4 members (excludes halogenated alkanes) is 1. The van der Waals surface area contributed by atoms with E-state index in [0.717, 1.165) is 30.6 Å². The van der Waals surface area contributed by atoms with Crippen LogP contribution in [0.25, 0.3) is 11.3 Å². The van der Waals surface area contributed by atoms with Crippen molar-refractivity contribution in [2.75, 3.05) is 10.7 Å². The molecule has 0 unspecified atom stereocenters. The smallest absolute Gasteiger partial charge is 0.247 e. The minimum absolute atomic E-state index is 0.241. The molecule has 0 spiro atoms. The van der Waals surface area contributed by atoms with Gasteiger partial charge in [-0.25, -0.2) is 4.39 Å². The lowest BCUT2D eigenvalue weighted by Crippen LogP contribution is -2.36. The molecule has 0 saturated carbocycles. The second kappa shape index (κ2) is 9.65. The summed E-state index contributed by atoms with van der Waals surface area (Å²) in [6.45, 7) is 5.62. The van der Waals surface area contributed by atoms with Crippen LogP contribution in [0.5, 0.6) is 5.88 Å². The highest BCUT2D eigenvalue weighted by Crippen LogP contribution is 2.44. The summed E-state index contributed by atoms with van der Waals surface area (Å²) in [5.74, 6) is 0.371. The molecule has 2 aromatic carbocycles. The van der Waals surface area contributed by atoms with Crippen molar-refractivity contribution in [3.8, 4) is 17.1 Å². The van der Waals surface area contributed by atoms with Crippen LogP contribution in [0, 0.1) is 5.82 Å². The van der Waals surface area contributed by atoms with E-state index in [2.05, 4.69) is 29.0 Å². The quantitative estimate of drug-likeness (QED) is 0.359. The molecule has 3 aromatic rings. The molecule has 1 atom stereocenters. The second-order valence-electron chi connectivity index (χ2n) is 7.54. The van der Waals surface area contributed by atoms with Gasteiger partial charge in [0.25, 0.3) is 0 Å². The number of aromatic nitrogens is 3. The molecule has 32 heavy (non-hydrogen) atoms. The standard InChI is InChI=1S/C24H25FN4O2S/c1-4-6-13-32-24-26-22-21(27-28-24)18-14-16(5-2)11-12-20(18)29(15(3)30)23(31-22)17-9-7-8-10-19(17)25/h7-12,14,23H,4-6,13H2,1-3H3/t23-/m1/s1. The van der Waals surface area contributed by atoms with Crippen LogP contribution >= 0.6 is 11.8 Å². The average molecular weight is 453 g/mol. The van der Waals surface area contributed by atoms with Gasteiger partial charge < -0.3 is 4.74 Å². The molecule has 1 aromatic heterocycles. The van der Waals surface area contributed by atoms with Gasteiger partial charge in [0.1, 0.15) is 5.82 Å². The van der Waals surface area contributed by atoms with E-state index in [1.54, 1.807) is 18.2 Å². The molecule has 1 amide bonds. The van der Waals surface area contributed by atoms with Crippen molar-refractivity contribution < 1.29 is 13.9 Å². The number of hydrogen-bond acceptors (Lipinski definition) is 6. The van der Waals surface area contributed by atoms with E-state index >= 15 is 0 Å². The Morgan fingerprint density at radius 2 is 2.00 bits per heavy atom. The monoisotopic (exact) mass is 452 g/mol. The molecule has 166 valence electrons. The first-order chi connectivity index (χ1) is 15.5.